The van der Waals surface area contributed by atoms with Gasteiger partial charge in [-0.3, -0.25) is 0 Å². The zero-order valence-electron chi connectivity index (χ0n) is 17.0. The molecule has 11 heteroatoms. The van der Waals surface area contributed by atoms with Gasteiger partial charge in [0.15, 0.2) is 24.7 Å². The number of esters is 4. The molecule has 0 N–H and O–H groups in total. The van der Waals surface area contributed by atoms with E-state index < -0.39 is 23.9 Å². The Morgan fingerprint density at radius 2 is 1.16 bits per heavy atom. The van der Waals surface area contributed by atoms with Crippen molar-refractivity contribution in [2.45, 2.75) is 13.2 Å². The van der Waals surface area contributed by atoms with Crippen molar-refractivity contribution >= 4 is 23.9 Å². The fraction of sp³-hybridized carbons (Fsp3) is 0.190. The van der Waals surface area contributed by atoms with Crippen LogP contribution in [0.3, 0.4) is 0 Å². The van der Waals surface area contributed by atoms with Gasteiger partial charge in [-0.25, -0.2) is 24.2 Å². The Balaban J connectivity index is 1.62. The quantitative estimate of drug-likeness (QED) is 0.374. The van der Waals surface area contributed by atoms with Gasteiger partial charge >= 0.3 is 23.9 Å². The fourth-order valence-electron chi connectivity index (χ4n) is 2.56. The molecule has 0 spiro atoms. The number of methoxy groups -OCH3 is 2. The van der Waals surface area contributed by atoms with Crippen LogP contribution in [0.1, 0.15) is 53.2 Å². The summed E-state index contributed by atoms with van der Waals surface area (Å²) < 4.78 is 29.7. The number of carbonyl (C=O) groups excluding carboxylic acids is 4. The van der Waals surface area contributed by atoms with Crippen LogP contribution in [0.5, 0.6) is 0 Å². The largest absolute Gasteiger partial charge is 0.465 e. The highest BCUT2D eigenvalue weighted by Crippen LogP contribution is 2.16. The first-order chi connectivity index (χ1) is 15.4. The number of carbonyl (C=O) groups is 4. The normalized spacial score (nSPS) is 10.3. The van der Waals surface area contributed by atoms with Gasteiger partial charge in [-0.1, -0.05) is 6.07 Å². The highest BCUT2D eigenvalue weighted by atomic mass is 16.6. The highest BCUT2D eigenvalue weighted by Gasteiger charge is 2.20. The Morgan fingerprint density at radius 1 is 0.719 bits per heavy atom. The highest BCUT2D eigenvalue weighted by molar-refractivity contribution is 5.93. The van der Waals surface area contributed by atoms with Crippen LogP contribution < -0.4 is 0 Å². The maximum absolute atomic E-state index is 12.3. The topological polar surface area (TPSA) is 144 Å². The van der Waals surface area contributed by atoms with Crippen molar-refractivity contribution in [3.05, 3.63) is 76.9 Å². The molecule has 3 aromatic heterocycles. The van der Waals surface area contributed by atoms with Gasteiger partial charge in [0.25, 0.3) is 0 Å². The van der Waals surface area contributed by atoms with Gasteiger partial charge in [-0.2, -0.15) is 0 Å². The molecule has 3 rings (SSSR count). The van der Waals surface area contributed by atoms with Gasteiger partial charge in [0, 0.05) is 0 Å². The molecule has 0 saturated heterocycles. The average molecular weight is 443 g/mol. The number of nitrogens with zero attached hydrogens (tertiary/aromatic N) is 1. The van der Waals surface area contributed by atoms with Crippen molar-refractivity contribution in [2.24, 2.45) is 0 Å². The van der Waals surface area contributed by atoms with Crippen molar-refractivity contribution in [1.82, 2.24) is 4.98 Å². The molecule has 0 atom stereocenters. The average Bonchev–Trinajstić information content (AvgIpc) is 3.49. The van der Waals surface area contributed by atoms with Crippen molar-refractivity contribution in [3.63, 3.8) is 0 Å². The zero-order chi connectivity index (χ0) is 23.1. The lowest BCUT2D eigenvalue weighted by atomic mass is 10.2. The summed E-state index contributed by atoms with van der Waals surface area (Å²) in [5, 5.41) is 0. The minimum absolute atomic E-state index is 0.0978. The first-order valence-corrected chi connectivity index (χ1v) is 9.05. The second-order valence-corrected chi connectivity index (χ2v) is 6.06. The van der Waals surface area contributed by atoms with Crippen LogP contribution in [0.25, 0.3) is 0 Å². The van der Waals surface area contributed by atoms with E-state index in [9.17, 15) is 19.2 Å². The summed E-state index contributed by atoms with van der Waals surface area (Å²) in [6.45, 7) is -0.692. The van der Waals surface area contributed by atoms with Crippen molar-refractivity contribution in [1.29, 1.82) is 0 Å². The van der Waals surface area contributed by atoms with Crippen molar-refractivity contribution in [2.75, 3.05) is 14.2 Å². The first-order valence-electron chi connectivity index (χ1n) is 9.05. The van der Waals surface area contributed by atoms with Crippen LogP contribution in [0.2, 0.25) is 0 Å². The molecular formula is C21H17NO10. The molecule has 0 aliphatic rings. The van der Waals surface area contributed by atoms with Crippen LogP contribution in [-0.2, 0) is 32.2 Å². The van der Waals surface area contributed by atoms with E-state index in [1.807, 2.05) is 0 Å². The van der Waals surface area contributed by atoms with Gasteiger partial charge < -0.3 is 27.8 Å². The van der Waals surface area contributed by atoms with Gasteiger partial charge in [0.1, 0.15) is 22.5 Å². The van der Waals surface area contributed by atoms with Gasteiger partial charge in [0.05, 0.1) is 26.7 Å². The molecule has 3 aromatic rings. The molecule has 0 aliphatic carbocycles. The number of pyridine rings is 1. The molecule has 3 heterocycles. The lowest BCUT2D eigenvalue weighted by Crippen LogP contribution is -2.14. The van der Waals surface area contributed by atoms with E-state index in [0.29, 0.717) is 0 Å². The zero-order valence-corrected chi connectivity index (χ0v) is 17.0. The number of furan rings is 2. The summed E-state index contributed by atoms with van der Waals surface area (Å²) in [6, 6.07) is 6.86. The van der Waals surface area contributed by atoms with Gasteiger partial charge in [0.2, 0.25) is 0 Å². The monoisotopic (exact) mass is 443 g/mol. The Morgan fingerprint density at radius 3 is 1.56 bits per heavy atom. The van der Waals surface area contributed by atoms with Crippen molar-refractivity contribution in [3.8, 4) is 0 Å². The number of aromatic nitrogens is 1. The van der Waals surface area contributed by atoms with Gasteiger partial charge in [-0.05, 0) is 24.3 Å². The second-order valence-electron chi connectivity index (χ2n) is 6.06. The third-order valence-electron chi connectivity index (χ3n) is 4.14. The molecule has 0 aromatic carbocycles. The number of rotatable bonds is 8. The van der Waals surface area contributed by atoms with Crippen molar-refractivity contribution < 1.29 is 47.0 Å². The van der Waals surface area contributed by atoms with E-state index >= 15 is 0 Å². The van der Waals surface area contributed by atoms with Gasteiger partial charge in [-0.15, -0.1) is 0 Å². The lowest BCUT2D eigenvalue weighted by Gasteiger charge is -2.06. The van der Waals surface area contributed by atoms with Crippen LogP contribution >= 0.6 is 0 Å². The molecule has 32 heavy (non-hydrogen) atoms. The van der Waals surface area contributed by atoms with E-state index in [1.165, 1.54) is 57.1 Å². The summed E-state index contributed by atoms with van der Waals surface area (Å²) in [6.07, 6.45) is 2.52. The third-order valence-corrected chi connectivity index (χ3v) is 4.14. The smallest absolute Gasteiger partial charge is 0.357 e. The maximum atomic E-state index is 12.3. The summed E-state index contributed by atoms with van der Waals surface area (Å²) in [7, 11) is 2.42. The van der Waals surface area contributed by atoms with E-state index in [2.05, 4.69) is 14.5 Å². The van der Waals surface area contributed by atoms with E-state index in [-0.39, 0.29) is 47.2 Å². The summed E-state index contributed by atoms with van der Waals surface area (Å²) in [5.41, 5.74) is -0.0950. The molecule has 11 nitrogen and oxygen atoms in total. The SMILES string of the molecule is COC(=O)c1ccoc1COC(=O)c1cccc(C(=O)OCc2occc2C(=O)OC)n1. The minimum atomic E-state index is -0.856. The van der Waals surface area contributed by atoms with Crippen LogP contribution in [0.15, 0.2) is 51.7 Å². The molecule has 0 bridgehead atoms. The molecule has 0 fully saturated rings. The Labute approximate surface area is 180 Å². The van der Waals surface area contributed by atoms with Crippen LogP contribution in [-0.4, -0.2) is 43.1 Å². The lowest BCUT2D eigenvalue weighted by molar-refractivity contribution is 0.0413. The fourth-order valence-corrected chi connectivity index (χ4v) is 2.56. The molecular weight excluding hydrogens is 426 g/mol. The number of hydrogen-bond acceptors (Lipinski definition) is 11. The van der Waals surface area contributed by atoms with E-state index in [0.717, 1.165) is 0 Å². The Kier molecular flexibility index (Phi) is 7.01. The third kappa shape index (κ3) is 5.01. The molecule has 0 radical (unpaired) electrons. The summed E-state index contributed by atoms with van der Waals surface area (Å²) >= 11 is 0. The minimum Gasteiger partial charge on any atom is -0.465 e. The predicted octanol–water partition coefficient (Wildman–Crippen LogP) is 2.55. The summed E-state index contributed by atoms with van der Waals surface area (Å²) in [4.78, 5) is 51.8. The Hall–Kier alpha value is -4.41. The molecule has 0 unspecified atom stereocenters. The summed E-state index contributed by atoms with van der Waals surface area (Å²) in [5.74, 6) is -2.79. The van der Waals surface area contributed by atoms with E-state index in [4.69, 9.17) is 18.3 Å². The first kappa shape index (κ1) is 22.3. The number of ether oxygens (including phenoxy) is 4. The maximum Gasteiger partial charge on any atom is 0.357 e. The standard InChI is InChI=1S/C21H17NO10/c1-27-18(23)12-6-8-29-16(12)10-31-20(25)14-4-3-5-15(22-14)21(26)32-11-17-13(7-9-30-17)19(24)28-2/h3-9H,10-11H2,1-2H3. The second kappa shape index (κ2) is 10.1. The predicted molar refractivity (Wildman–Crippen MR) is 103 cm³/mol. The Bertz CT molecular complexity index is 1060. The number of hydrogen-bond donors (Lipinski definition) is 0. The van der Waals surface area contributed by atoms with E-state index in [1.54, 1.807) is 0 Å². The molecule has 0 amide bonds. The molecule has 0 aliphatic heterocycles. The molecule has 0 saturated carbocycles. The van der Waals surface area contributed by atoms with Crippen LogP contribution in [0, 0.1) is 0 Å². The molecule has 166 valence electrons. The van der Waals surface area contributed by atoms with Crippen LogP contribution in [0.4, 0.5) is 0 Å².